The third-order valence-corrected chi connectivity index (χ3v) is 7.40. The molecule has 2 fully saturated rings. The number of aromatic nitrogens is 1. The van der Waals surface area contributed by atoms with Crippen molar-refractivity contribution in [1.82, 2.24) is 14.2 Å². The summed E-state index contributed by atoms with van der Waals surface area (Å²) in [7, 11) is 1.99. The topological polar surface area (TPSA) is 39.7 Å². The molecule has 0 unspecified atom stereocenters. The van der Waals surface area contributed by atoms with Crippen LogP contribution in [0.2, 0.25) is 0 Å². The fourth-order valence-corrected chi connectivity index (χ4v) is 5.54. The molecule has 1 saturated carbocycles. The van der Waals surface area contributed by atoms with Gasteiger partial charge in [-0.05, 0) is 55.9 Å². The minimum atomic E-state index is 0.295. The first-order valence-corrected chi connectivity index (χ1v) is 12.1. The van der Waals surface area contributed by atoms with E-state index in [-0.39, 0.29) is 0 Å². The smallest absolute Gasteiger partial charge is 0.225 e. The highest BCUT2D eigenvalue weighted by Gasteiger charge is 2.24. The molecule has 0 bridgehead atoms. The van der Waals surface area contributed by atoms with Crippen LogP contribution in [-0.2, 0) is 4.79 Å². The third kappa shape index (κ3) is 5.10. The summed E-state index contributed by atoms with van der Waals surface area (Å²) in [6.45, 7) is 6.34. The molecule has 1 aromatic carbocycles. The van der Waals surface area contributed by atoms with Crippen LogP contribution in [0.15, 0.2) is 24.3 Å². The van der Waals surface area contributed by atoms with E-state index in [0.717, 1.165) is 64.3 Å². The molecule has 0 spiro atoms. The van der Waals surface area contributed by atoms with Crippen molar-refractivity contribution in [2.75, 3.05) is 51.2 Å². The highest BCUT2D eigenvalue weighted by Crippen LogP contribution is 2.30. The largest absolute Gasteiger partial charge is 0.353 e. The van der Waals surface area contributed by atoms with Gasteiger partial charge < -0.3 is 9.80 Å². The van der Waals surface area contributed by atoms with Crippen LogP contribution in [0.3, 0.4) is 0 Å². The van der Waals surface area contributed by atoms with Crippen LogP contribution >= 0.6 is 11.5 Å². The Morgan fingerprint density at radius 1 is 1.10 bits per heavy atom. The van der Waals surface area contributed by atoms with Crippen molar-refractivity contribution in [3.8, 4) is 0 Å². The Morgan fingerprint density at radius 3 is 2.66 bits per heavy atom. The van der Waals surface area contributed by atoms with Gasteiger partial charge in [0.1, 0.15) is 5.82 Å². The maximum atomic E-state index is 12.5. The maximum Gasteiger partial charge on any atom is 0.225 e. The Hall–Kier alpha value is -1.66. The van der Waals surface area contributed by atoms with Gasteiger partial charge in [-0.2, -0.15) is 4.37 Å². The molecule has 6 heteroatoms. The van der Waals surface area contributed by atoms with Gasteiger partial charge in [-0.3, -0.25) is 9.69 Å². The quantitative estimate of drug-likeness (QED) is 0.636. The van der Waals surface area contributed by atoms with Crippen molar-refractivity contribution in [3.63, 3.8) is 0 Å². The number of anilines is 1. The first-order valence-electron chi connectivity index (χ1n) is 11.3. The zero-order chi connectivity index (χ0) is 20.1. The zero-order valence-corrected chi connectivity index (χ0v) is 18.5. The van der Waals surface area contributed by atoms with E-state index < -0.39 is 0 Å². The van der Waals surface area contributed by atoms with E-state index in [0.29, 0.717) is 11.8 Å². The summed E-state index contributed by atoms with van der Waals surface area (Å²) in [5.74, 6) is 1.84. The maximum absolute atomic E-state index is 12.5. The predicted octanol–water partition coefficient (Wildman–Crippen LogP) is 4.24. The molecule has 1 aliphatic carbocycles. The van der Waals surface area contributed by atoms with Crippen LogP contribution in [-0.4, -0.2) is 66.4 Å². The second-order valence-corrected chi connectivity index (χ2v) is 9.44. The monoisotopic (exact) mass is 414 g/mol. The lowest BCUT2D eigenvalue weighted by Gasteiger charge is -2.35. The minimum absolute atomic E-state index is 0.295. The summed E-state index contributed by atoms with van der Waals surface area (Å²) >= 11 is 1.60. The zero-order valence-electron chi connectivity index (χ0n) is 17.7. The molecule has 1 saturated heterocycles. The summed E-state index contributed by atoms with van der Waals surface area (Å²) in [4.78, 5) is 19.5. The number of carbonyl (C=O) groups is 1. The molecular formula is C23H34N4OS. The van der Waals surface area contributed by atoms with Crippen molar-refractivity contribution in [3.05, 3.63) is 24.3 Å². The lowest BCUT2D eigenvalue weighted by atomic mass is 9.88. The molecule has 1 amide bonds. The van der Waals surface area contributed by atoms with Crippen molar-refractivity contribution < 1.29 is 4.79 Å². The number of nitrogens with zero attached hydrogens (tertiary/aromatic N) is 4. The van der Waals surface area contributed by atoms with Crippen LogP contribution in [0, 0.1) is 5.92 Å². The number of amides is 1. The molecule has 2 heterocycles. The molecule has 4 rings (SSSR count). The average Bonchev–Trinajstić information content (AvgIpc) is 3.21. The first kappa shape index (κ1) is 20.6. The summed E-state index contributed by atoms with van der Waals surface area (Å²) in [6.07, 6.45) is 8.23. The Morgan fingerprint density at radius 2 is 1.86 bits per heavy atom. The lowest BCUT2D eigenvalue weighted by molar-refractivity contribution is -0.135. The van der Waals surface area contributed by atoms with Gasteiger partial charge in [0.15, 0.2) is 0 Å². The number of hydrogen-bond donors (Lipinski definition) is 0. The van der Waals surface area contributed by atoms with E-state index in [1.54, 1.807) is 11.5 Å². The Labute approximate surface area is 178 Å². The van der Waals surface area contributed by atoms with E-state index in [1.807, 2.05) is 11.9 Å². The van der Waals surface area contributed by atoms with Crippen LogP contribution < -0.4 is 4.90 Å². The van der Waals surface area contributed by atoms with Crippen LogP contribution in [0.1, 0.15) is 44.9 Å². The van der Waals surface area contributed by atoms with E-state index in [1.165, 1.54) is 35.8 Å². The van der Waals surface area contributed by atoms with E-state index in [4.69, 9.17) is 4.37 Å². The predicted molar refractivity (Wildman–Crippen MR) is 122 cm³/mol. The SMILES string of the molecule is CN(CCCCN1CCN(c2nsc3ccccc23)CC1)C(=O)C1CCCCC1. The van der Waals surface area contributed by atoms with Gasteiger partial charge in [0.25, 0.3) is 0 Å². The Kier molecular flexibility index (Phi) is 7.03. The molecule has 2 aromatic rings. The average molecular weight is 415 g/mol. The molecule has 0 radical (unpaired) electrons. The van der Waals surface area contributed by atoms with Gasteiger partial charge in [-0.15, -0.1) is 0 Å². The number of rotatable bonds is 7. The van der Waals surface area contributed by atoms with Crippen LogP contribution in [0.5, 0.6) is 0 Å². The van der Waals surface area contributed by atoms with Gasteiger partial charge in [0.2, 0.25) is 5.91 Å². The van der Waals surface area contributed by atoms with E-state index >= 15 is 0 Å². The third-order valence-electron chi connectivity index (χ3n) is 6.58. The highest BCUT2D eigenvalue weighted by molar-refractivity contribution is 7.13. The molecule has 158 valence electrons. The molecule has 0 N–H and O–H groups in total. The second-order valence-electron chi connectivity index (χ2n) is 8.63. The van der Waals surface area contributed by atoms with Gasteiger partial charge >= 0.3 is 0 Å². The van der Waals surface area contributed by atoms with Gasteiger partial charge in [0, 0.05) is 51.1 Å². The molecule has 2 aliphatic rings. The first-order chi connectivity index (χ1) is 14.2. The lowest BCUT2D eigenvalue weighted by Crippen LogP contribution is -2.46. The standard InChI is InChI=1S/C23H34N4OS/c1-25(23(28)19-9-3-2-4-10-19)13-7-8-14-26-15-17-27(18-16-26)22-20-11-5-6-12-21(20)29-24-22/h5-6,11-12,19H,2-4,7-10,13-18H2,1H3. The van der Waals surface area contributed by atoms with Crippen LogP contribution in [0.4, 0.5) is 5.82 Å². The van der Waals surface area contributed by atoms with Crippen molar-refractivity contribution in [2.24, 2.45) is 5.92 Å². The summed E-state index contributed by atoms with van der Waals surface area (Å²) < 4.78 is 5.98. The summed E-state index contributed by atoms with van der Waals surface area (Å²) in [6, 6.07) is 8.53. The van der Waals surface area contributed by atoms with Gasteiger partial charge in [-0.1, -0.05) is 31.4 Å². The summed E-state index contributed by atoms with van der Waals surface area (Å²) in [5.41, 5.74) is 0. The molecule has 0 atom stereocenters. The van der Waals surface area contributed by atoms with E-state index in [2.05, 4.69) is 34.1 Å². The fraction of sp³-hybridized carbons (Fsp3) is 0.652. The molecule has 1 aliphatic heterocycles. The Bertz CT molecular complexity index is 793. The van der Waals surface area contributed by atoms with Crippen molar-refractivity contribution in [1.29, 1.82) is 0 Å². The van der Waals surface area contributed by atoms with Crippen molar-refractivity contribution in [2.45, 2.75) is 44.9 Å². The molecule has 1 aromatic heterocycles. The molecule has 5 nitrogen and oxygen atoms in total. The van der Waals surface area contributed by atoms with Crippen molar-refractivity contribution >= 4 is 33.3 Å². The number of unbranched alkanes of at least 4 members (excludes halogenated alkanes) is 1. The number of benzene rings is 1. The Balaban J connectivity index is 1.15. The fourth-order valence-electron chi connectivity index (χ4n) is 4.74. The van der Waals surface area contributed by atoms with Gasteiger partial charge in [-0.25, -0.2) is 0 Å². The van der Waals surface area contributed by atoms with Gasteiger partial charge in [0.05, 0.1) is 4.70 Å². The molecular weight excluding hydrogens is 380 g/mol. The van der Waals surface area contributed by atoms with Crippen LogP contribution in [0.25, 0.3) is 10.1 Å². The number of hydrogen-bond acceptors (Lipinski definition) is 5. The molecule has 29 heavy (non-hydrogen) atoms. The number of piperazine rings is 1. The normalized spacial score (nSPS) is 19.0. The number of carbonyl (C=O) groups excluding carboxylic acids is 1. The summed E-state index contributed by atoms with van der Waals surface area (Å²) in [5, 5.41) is 1.29. The second kappa shape index (κ2) is 9.90. The van der Waals surface area contributed by atoms with E-state index in [9.17, 15) is 4.79 Å². The highest BCUT2D eigenvalue weighted by atomic mass is 32.1. The minimum Gasteiger partial charge on any atom is -0.353 e. The number of fused-ring (bicyclic) bond motifs is 1.